The summed E-state index contributed by atoms with van der Waals surface area (Å²) >= 11 is 10.4. The number of thiocarbonyl (C=S) groups is 1. The molecule has 2 amide bonds. The fourth-order valence-electron chi connectivity index (χ4n) is 3.22. The van der Waals surface area contributed by atoms with Gasteiger partial charge in [0.2, 0.25) is 6.23 Å². The van der Waals surface area contributed by atoms with Crippen molar-refractivity contribution in [3.8, 4) is 0 Å². The van der Waals surface area contributed by atoms with E-state index in [0.717, 1.165) is 22.2 Å². The first-order valence-corrected chi connectivity index (χ1v) is 11.5. The minimum absolute atomic E-state index is 0.137. The maximum Gasteiger partial charge on any atom is 0.329 e. The fourth-order valence-corrected chi connectivity index (χ4v) is 4.75. The summed E-state index contributed by atoms with van der Waals surface area (Å²) in [5, 5.41) is 1.03. The van der Waals surface area contributed by atoms with Crippen LogP contribution in [0.3, 0.4) is 0 Å². The van der Waals surface area contributed by atoms with Gasteiger partial charge in [-0.15, -0.1) is 0 Å². The van der Waals surface area contributed by atoms with Crippen molar-refractivity contribution in [3.63, 3.8) is 0 Å². The number of unbranched alkanes of at least 4 members (excludes halogenated alkanes) is 3. The van der Waals surface area contributed by atoms with Crippen LogP contribution in [0.5, 0.6) is 0 Å². The molecule has 1 aromatic carbocycles. The summed E-state index contributed by atoms with van der Waals surface area (Å²) in [5.41, 5.74) is 2.14. The number of rotatable bonds is 8. The van der Waals surface area contributed by atoms with E-state index in [1.807, 2.05) is 18.2 Å². The van der Waals surface area contributed by atoms with Gasteiger partial charge in [-0.2, -0.15) is 0 Å². The van der Waals surface area contributed by atoms with Crippen LogP contribution in [-0.4, -0.2) is 40.8 Å². The molecule has 0 N–H and O–H groups in total. The highest BCUT2D eigenvalue weighted by Crippen LogP contribution is 2.32. The molecule has 1 fully saturated rings. The maximum atomic E-state index is 12.6. The monoisotopic (exact) mass is 481 g/mol. The lowest BCUT2D eigenvalue weighted by Gasteiger charge is -2.22. The summed E-state index contributed by atoms with van der Waals surface area (Å²) in [7, 11) is 1.76. The van der Waals surface area contributed by atoms with Crippen molar-refractivity contribution in [1.82, 2.24) is 9.88 Å². The van der Waals surface area contributed by atoms with Crippen LogP contribution in [0.25, 0.3) is 0 Å². The highest BCUT2D eigenvalue weighted by atomic mass is 79.9. The van der Waals surface area contributed by atoms with Gasteiger partial charge in [-0.1, -0.05) is 61.8 Å². The Morgan fingerprint density at radius 3 is 2.86 bits per heavy atom. The molecule has 0 aliphatic carbocycles. The Balaban J connectivity index is 1.74. The molecular formula is C20H24BrN3O2S2. The first-order valence-electron chi connectivity index (χ1n) is 9.45. The predicted octanol–water partition coefficient (Wildman–Crippen LogP) is 5.62. The number of carbonyl (C=O) groups excluding carboxylic acids is 1. The average Bonchev–Trinajstić information content (AvgIpc) is 3.22. The van der Waals surface area contributed by atoms with Gasteiger partial charge in [0.25, 0.3) is 0 Å². The van der Waals surface area contributed by atoms with Crippen LogP contribution in [0.4, 0.5) is 9.93 Å². The number of thiazole rings is 1. The Labute approximate surface area is 183 Å². The third-order valence-corrected chi connectivity index (χ3v) is 6.49. The number of halogens is 1. The van der Waals surface area contributed by atoms with Crippen molar-refractivity contribution in [2.24, 2.45) is 0 Å². The van der Waals surface area contributed by atoms with E-state index in [9.17, 15) is 4.79 Å². The van der Waals surface area contributed by atoms with E-state index in [0.29, 0.717) is 16.7 Å². The van der Waals surface area contributed by atoms with E-state index in [1.165, 1.54) is 36.2 Å². The Hall–Kier alpha value is -1.51. The normalized spacial score (nSPS) is 16.7. The van der Waals surface area contributed by atoms with Crippen molar-refractivity contribution >= 4 is 55.7 Å². The summed E-state index contributed by atoms with van der Waals surface area (Å²) < 4.78 is 6.99. The van der Waals surface area contributed by atoms with Crippen LogP contribution < -0.4 is 4.90 Å². The van der Waals surface area contributed by atoms with Crippen molar-refractivity contribution in [3.05, 3.63) is 45.4 Å². The van der Waals surface area contributed by atoms with Crippen LogP contribution in [0.15, 0.2) is 34.2 Å². The van der Waals surface area contributed by atoms with Gasteiger partial charge in [0.1, 0.15) is 0 Å². The minimum atomic E-state index is -0.490. The number of urea groups is 1. The standard InChI is InChI=1S/C20H24BrN3O2S2/c1-3-4-5-6-9-14-10-7-8-11-15(14)18(27)26-17-13-23(2)20(25)24(17)19-22-12-16(21)28-19/h7-8,10-12,17H,3-6,9,13H2,1-2H3. The average molecular weight is 482 g/mol. The van der Waals surface area contributed by atoms with Crippen LogP contribution in [0.2, 0.25) is 0 Å². The highest BCUT2D eigenvalue weighted by Gasteiger charge is 2.40. The molecule has 0 saturated carbocycles. The molecule has 150 valence electrons. The van der Waals surface area contributed by atoms with E-state index in [-0.39, 0.29) is 6.03 Å². The van der Waals surface area contributed by atoms with Crippen LogP contribution in [0, 0.1) is 0 Å². The summed E-state index contributed by atoms with van der Waals surface area (Å²) in [5.74, 6) is 0. The van der Waals surface area contributed by atoms with Gasteiger partial charge in [0.15, 0.2) is 10.2 Å². The second-order valence-electron chi connectivity index (χ2n) is 6.81. The topological polar surface area (TPSA) is 45.7 Å². The number of ether oxygens (including phenoxy) is 1. The molecule has 3 rings (SSSR count). The van der Waals surface area contributed by atoms with Gasteiger partial charge in [0.05, 0.1) is 16.5 Å². The smallest absolute Gasteiger partial charge is 0.329 e. The Kier molecular flexibility index (Phi) is 7.42. The van der Waals surface area contributed by atoms with Gasteiger partial charge in [-0.3, -0.25) is 0 Å². The number of hydrogen-bond donors (Lipinski definition) is 0. The fraction of sp³-hybridized carbons (Fsp3) is 0.450. The number of anilines is 1. The van der Waals surface area contributed by atoms with Gasteiger partial charge in [-0.05, 0) is 46.6 Å². The molecule has 0 spiro atoms. The molecule has 28 heavy (non-hydrogen) atoms. The number of aromatic nitrogens is 1. The zero-order valence-electron chi connectivity index (χ0n) is 16.1. The molecule has 1 unspecified atom stereocenters. The number of likely N-dealkylation sites (N-methyl/N-ethyl adjacent to an activating group) is 1. The summed E-state index contributed by atoms with van der Waals surface area (Å²) in [6, 6.07) is 7.99. The first kappa shape index (κ1) is 21.2. The lowest BCUT2D eigenvalue weighted by atomic mass is 10.0. The second-order valence-corrected chi connectivity index (χ2v) is 9.57. The zero-order valence-corrected chi connectivity index (χ0v) is 19.3. The molecule has 1 atom stereocenters. The largest absolute Gasteiger partial charge is 0.457 e. The lowest BCUT2D eigenvalue weighted by Crippen LogP contribution is -2.37. The third-order valence-electron chi connectivity index (χ3n) is 4.70. The maximum absolute atomic E-state index is 12.6. The third kappa shape index (κ3) is 4.90. The summed E-state index contributed by atoms with van der Waals surface area (Å²) in [6.07, 6.45) is 6.99. The molecule has 8 heteroatoms. The number of carbonyl (C=O) groups is 1. The first-order chi connectivity index (χ1) is 13.5. The summed E-state index contributed by atoms with van der Waals surface area (Å²) in [4.78, 5) is 20.1. The molecule has 1 aromatic heterocycles. The van der Waals surface area contributed by atoms with E-state index in [4.69, 9.17) is 17.0 Å². The molecule has 0 radical (unpaired) electrons. The van der Waals surface area contributed by atoms with Crippen LogP contribution in [-0.2, 0) is 11.2 Å². The van der Waals surface area contributed by atoms with Crippen molar-refractivity contribution < 1.29 is 9.53 Å². The van der Waals surface area contributed by atoms with Crippen molar-refractivity contribution in [2.75, 3.05) is 18.5 Å². The van der Waals surface area contributed by atoms with Gasteiger partial charge < -0.3 is 9.64 Å². The molecular weight excluding hydrogens is 458 g/mol. The number of amides is 2. The van der Waals surface area contributed by atoms with Crippen LogP contribution >= 0.6 is 39.5 Å². The predicted molar refractivity (Wildman–Crippen MR) is 121 cm³/mol. The Morgan fingerprint density at radius 1 is 1.36 bits per heavy atom. The SMILES string of the molecule is CCCCCCc1ccccc1C(=S)OC1CN(C)C(=O)N1c1ncc(Br)s1. The van der Waals surface area contributed by atoms with E-state index in [1.54, 1.807) is 23.0 Å². The van der Waals surface area contributed by atoms with E-state index >= 15 is 0 Å². The Morgan fingerprint density at radius 2 is 2.14 bits per heavy atom. The zero-order chi connectivity index (χ0) is 20.1. The lowest BCUT2D eigenvalue weighted by molar-refractivity contribution is 0.202. The molecule has 0 bridgehead atoms. The number of hydrogen-bond acceptors (Lipinski definition) is 5. The molecule has 5 nitrogen and oxygen atoms in total. The molecule has 1 aliphatic rings. The van der Waals surface area contributed by atoms with Crippen LogP contribution in [0.1, 0.15) is 43.7 Å². The molecule has 2 heterocycles. The second kappa shape index (κ2) is 9.80. The van der Waals surface area contributed by atoms with Crippen molar-refractivity contribution in [1.29, 1.82) is 0 Å². The van der Waals surface area contributed by atoms with Gasteiger partial charge in [-0.25, -0.2) is 14.7 Å². The quantitative estimate of drug-likeness (QED) is 0.362. The number of nitrogens with zero attached hydrogens (tertiary/aromatic N) is 3. The Bertz CT molecular complexity index is 842. The molecule has 2 aromatic rings. The van der Waals surface area contributed by atoms with Gasteiger partial charge >= 0.3 is 6.03 Å². The molecule has 1 saturated heterocycles. The van der Waals surface area contributed by atoms with Crippen molar-refractivity contribution in [2.45, 2.75) is 45.3 Å². The summed E-state index contributed by atoms with van der Waals surface area (Å²) in [6.45, 7) is 2.65. The number of aryl methyl sites for hydroxylation is 1. The minimum Gasteiger partial charge on any atom is -0.457 e. The number of benzene rings is 1. The van der Waals surface area contributed by atoms with Gasteiger partial charge in [0, 0.05) is 12.6 Å². The van der Waals surface area contributed by atoms with E-state index < -0.39 is 6.23 Å². The van der Waals surface area contributed by atoms with E-state index in [2.05, 4.69) is 33.9 Å². The molecule has 1 aliphatic heterocycles. The highest BCUT2D eigenvalue weighted by molar-refractivity contribution is 9.11.